The molecule has 1 unspecified atom stereocenters. The van der Waals surface area contributed by atoms with Gasteiger partial charge in [-0.3, -0.25) is 14.3 Å². The Kier molecular flexibility index (Phi) is 5.41. The number of hydrogen-bond acceptors (Lipinski definition) is 5. The van der Waals surface area contributed by atoms with Crippen LogP contribution in [0.5, 0.6) is 0 Å². The van der Waals surface area contributed by atoms with Crippen molar-refractivity contribution >= 4 is 11.8 Å². The van der Waals surface area contributed by atoms with Gasteiger partial charge in [-0.25, -0.2) is 4.79 Å². The molecule has 2 aromatic rings. The molecule has 26 heavy (non-hydrogen) atoms. The summed E-state index contributed by atoms with van der Waals surface area (Å²) in [4.78, 5) is 28.3. The highest BCUT2D eigenvalue weighted by Crippen LogP contribution is 2.52. The summed E-state index contributed by atoms with van der Waals surface area (Å²) in [6.45, 7) is 4.01. The first kappa shape index (κ1) is 18.9. The number of rotatable bonds is 7. The van der Waals surface area contributed by atoms with Crippen molar-refractivity contribution in [2.24, 2.45) is 11.3 Å². The molecule has 3 N–H and O–H groups in total. The van der Waals surface area contributed by atoms with Crippen LogP contribution in [0.25, 0.3) is 0 Å². The number of aromatic amines is 1. The first-order chi connectivity index (χ1) is 12.4. The quantitative estimate of drug-likeness (QED) is 0.641. The van der Waals surface area contributed by atoms with Gasteiger partial charge in [-0.05, 0) is 30.4 Å². The van der Waals surface area contributed by atoms with Crippen molar-refractivity contribution in [1.29, 1.82) is 0 Å². The second-order valence-corrected chi connectivity index (χ2v) is 8.30. The Hall–Kier alpha value is -1.83. The monoisotopic (exact) mass is 376 g/mol. The van der Waals surface area contributed by atoms with Crippen LogP contribution in [0.4, 0.5) is 0 Å². The van der Waals surface area contributed by atoms with E-state index in [-0.39, 0.29) is 30.6 Å². The first-order valence-corrected chi connectivity index (χ1v) is 9.55. The van der Waals surface area contributed by atoms with E-state index < -0.39 is 11.1 Å². The summed E-state index contributed by atoms with van der Waals surface area (Å²) in [5, 5.41) is 19.7. The molecule has 1 aromatic heterocycles. The van der Waals surface area contributed by atoms with Crippen molar-refractivity contribution in [3.63, 3.8) is 0 Å². The van der Waals surface area contributed by atoms with Crippen LogP contribution in [-0.4, -0.2) is 33.0 Å². The summed E-state index contributed by atoms with van der Waals surface area (Å²) in [6, 6.07) is 9.62. The molecule has 1 aliphatic rings. The van der Waals surface area contributed by atoms with Crippen LogP contribution in [0.1, 0.15) is 31.7 Å². The smallest absolute Gasteiger partial charge is 0.329 e. The third kappa shape index (κ3) is 3.51. The molecule has 0 radical (unpaired) electrons. The molecule has 0 aliphatic heterocycles. The van der Waals surface area contributed by atoms with Gasteiger partial charge in [0.05, 0.1) is 23.8 Å². The molecule has 0 bridgehead atoms. The van der Waals surface area contributed by atoms with Crippen LogP contribution in [0.15, 0.2) is 49.8 Å². The number of hydrogen-bond donors (Lipinski definition) is 3. The third-order valence-corrected chi connectivity index (χ3v) is 6.25. The second kappa shape index (κ2) is 7.42. The lowest BCUT2D eigenvalue weighted by atomic mass is 10.1. The Bertz CT molecular complexity index is 885. The van der Waals surface area contributed by atoms with Crippen LogP contribution >= 0.6 is 11.8 Å². The van der Waals surface area contributed by atoms with E-state index in [0.717, 1.165) is 4.90 Å². The largest absolute Gasteiger partial charge is 0.396 e. The average molecular weight is 376 g/mol. The van der Waals surface area contributed by atoms with E-state index >= 15 is 0 Å². The number of benzene rings is 1. The van der Waals surface area contributed by atoms with Gasteiger partial charge in [0, 0.05) is 16.9 Å². The molecule has 0 amide bonds. The molecule has 0 saturated heterocycles. The first-order valence-electron chi connectivity index (χ1n) is 8.73. The van der Waals surface area contributed by atoms with Gasteiger partial charge in [-0.15, -0.1) is 0 Å². The van der Waals surface area contributed by atoms with E-state index in [1.165, 1.54) is 11.8 Å². The molecule has 3 rings (SSSR count). The van der Waals surface area contributed by atoms with Gasteiger partial charge in [0.25, 0.3) is 5.56 Å². The normalized spacial score (nSPS) is 18.3. The molecular weight excluding hydrogens is 352 g/mol. The zero-order valence-corrected chi connectivity index (χ0v) is 15.8. The van der Waals surface area contributed by atoms with Crippen LogP contribution in [0.3, 0.4) is 0 Å². The summed E-state index contributed by atoms with van der Waals surface area (Å²) >= 11 is 1.40. The summed E-state index contributed by atoms with van der Waals surface area (Å²) in [5.74, 6) is -0.0345. The average Bonchev–Trinajstić information content (AvgIpc) is 3.32. The predicted octanol–water partition coefficient (Wildman–Crippen LogP) is 1.80. The lowest BCUT2D eigenvalue weighted by Crippen LogP contribution is -2.35. The highest BCUT2D eigenvalue weighted by Gasteiger charge is 2.53. The van der Waals surface area contributed by atoms with E-state index in [9.17, 15) is 19.8 Å². The standard InChI is InChI=1S/C19H24N2O4S/c1-12(2)15-16(24)20-18(25)21(9-13-8-19(13,10-22)11-23)17(15)26-14-6-4-3-5-7-14/h3-7,12-13,22-23H,8-11H2,1-2H3,(H,20,24,25). The van der Waals surface area contributed by atoms with E-state index in [4.69, 9.17) is 0 Å². The number of aromatic nitrogens is 2. The Labute approximate surface area is 155 Å². The lowest BCUT2D eigenvalue weighted by Gasteiger charge is -2.19. The number of nitrogens with one attached hydrogen (secondary N) is 1. The van der Waals surface area contributed by atoms with Crippen LogP contribution in [0.2, 0.25) is 0 Å². The van der Waals surface area contributed by atoms with Gasteiger partial charge in [-0.1, -0.05) is 43.8 Å². The molecule has 6 nitrogen and oxygen atoms in total. The van der Waals surface area contributed by atoms with Crippen molar-refractivity contribution in [3.8, 4) is 0 Å². The maximum Gasteiger partial charge on any atom is 0.329 e. The zero-order chi connectivity index (χ0) is 18.9. The van der Waals surface area contributed by atoms with Gasteiger partial charge in [-0.2, -0.15) is 0 Å². The second-order valence-electron chi connectivity index (χ2n) is 7.24. The zero-order valence-electron chi connectivity index (χ0n) is 14.9. The molecule has 1 saturated carbocycles. The third-order valence-electron chi connectivity index (χ3n) is 5.11. The Morgan fingerprint density at radius 3 is 2.42 bits per heavy atom. The van der Waals surface area contributed by atoms with Crippen LogP contribution in [0, 0.1) is 11.3 Å². The van der Waals surface area contributed by atoms with Gasteiger partial charge >= 0.3 is 5.69 Å². The Balaban J connectivity index is 2.06. The molecular formula is C19H24N2O4S. The topological polar surface area (TPSA) is 95.3 Å². The van der Waals surface area contributed by atoms with Crippen molar-refractivity contribution in [2.75, 3.05) is 13.2 Å². The fourth-order valence-electron chi connectivity index (χ4n) is 3.30. The van der Waals surface area contributed by atoms with Crippen molar-refractivity contribution in [1.82, 2.24) is 9.55 Å². The van der Waals surface area contributed by atoms with Gasteiger partial charge in [0.2, 0.25) is 0 Å². The Morgan fingerprint density at radius 1 is 1.23 bits per heavy atom. The number of aliphatic hydroxyl groups excluding tert-OH is 2. The minimum atomic E-state index is -0.526. The molecule has 140 valence electrons. The minimum absolute atomic E-state index is 0.0104. The van der Waals surface area contributed by atoms with Crippen molar-refractivity contribution in [2.45, 2.75) is 42.7 Å². The predicted molar refractivity (Wildman–Crippen MR) is 101 cm³/mol. The fourth-order valence-corrected chi connectivity index (χ4v) is 4.52. The summed E-state index contributed by atoms with van der Waals surface area (Å²) in [5.41, 5.74) is -0.749. The van der Waals surface area contributed by atoms with Gasteiger partial charge in [0.15, 0.2) is 0 Å². The highest BCUT2D eigenvalue weighted by molar-refractivity contribution is 7.99. The van der Waals surface area contributed by atoms with Gasteiger partial charge in [0.1, 0.15) is 0 Å². The summed E-state index contributed by atoms with van der Waals surface area (Å²) in [7, 11) is 0. The fraction of sp³-hybridized carbons (Fsp3) is 0.474. The van der Waals surface area contributed by atoms with E-state index in [1.54, 1.807) is 4.57 Å². The highest BCUT2D eigenvalue weighted by atomic mass is 32.2. The number of H-pyrrole nitrogens is 1. The molecule has 1 aliphatic carbocycles. The number of aliphatic hydroxyl groups is 2. The van der Waals surface area contributed by atoms with E-state index in [2.05, 4.69) is 4.98 Å². The van der Waals surface area contributed by atoms with Gasteiger partial charge < -0.3 is 10.2 Å². The molecule has 0 spiro atoms. The maximum absolute atomic E-state index is 12.5. The summed E-state index contributed by atoms with van der Waals surface area (Å²) < 4.78 is 1.59. The molecule has 1 heterocycles. The number of nitrogens with zero attached hydrogens (tertiary/aromatic N) is 1. The molecule has 1 aromatic carbocycles. The van der Waals surface area contributed by atoms with E-state index in [0.29, 0.717) is 23.6 Å². The molecule has 1 fully saturated rings. The Morgan fingerprint density at radius 2 is 1.88 bits per heavy atom. The van der Waals surface area contributed by atoms with Crippen LogP contribution in [-0.2, 0) is 6.54 Å². The maximum atomic E-state index is 12.5. The lowest BCUT2D eigenvalue weighted by molar-refractivity contribution is 0.118. The molecule has 1 atom stereocenters. The van der Waals surface area contributed by atoms with Crippen molar-refractivity contribution < 1.29 is 10.2 Å². The van der Waals surface area contributed by atoms with Crippen LogP contribution < -0.4 is 11.2 Å². The summed E-state index contributed by atoms with van der Waals surface area (Å²) in [6.07, 6.45) is 0.665. The van der Waals surface area contributed by atoms with Crippen molar-refractivity contribution in [3.05, 3.63) is 56.7 Å². The van der Waals surface area contributed by atoms with E-state index in [1.807, 2.05) is 44.2 Å². The SMILES string of the molecule is CC(C)c1c(Sc2ccccc2)n(CC2CC2(CO)CO)c(=O)[nH]c1=O. The molecule has 7 heteroatoms. The minimum Gasteiger partial charge on any atom is -0.396 e.